The third-order valence-corrected chi connectivity index (χ3v) is 5.51. The van der Waals surface area contributed by atoms with Crippen LogP contribution in [0, 0.1) is 0 Å². The highest BCUT2D eigenvalue weighted by molar-refractivity contribution is 7.13. The molecule has 1 saturated carbocycles. The van der Waals surface area contributed by atoms with Gasteiger partial charge in [-0.15, -0.1) is 11.3 Å². The summed E-state index contributed by atoms with van der Waals surface area (Å²) in [6.07, 6.45) is -0.109. The number of alkyl halides is 3. The average Bonchev–Trinajstić information content (AvgIpc) is 3.23. The minimum absolute atomic E-state index is 0.0609. The first-order valence-electron chi connectivity index (χ1n) is 9.26. The van der Waals surface area contributed by atoms with E-state index in [2.05, 4.69) is 15.3 Å². The standard InChI is InChI=1S/C19H22F3N3O3S/c1-27-6-7-28-14-4-2-13(3-5-14)24-18(26)12-8-15(16-10-23-11-29-16)25-17(9-12)19(20,21)22/h8-11,13-14H,2-7H2,1H3,(H,24,26). The van der Waals surface area contributed by atoms with Crippen LogP contribution in [0.25, 0.3) is 10.6 Å². The Bertz CT molecular complexity index is 807. The molecule has 2 aromatic heterocycles. The number of hydrogen-bond acceptors (Lipinski definition) is 6. The van der Waals surface area contributed by atoms with Gasteiger partial charge < -0.3 is 14.8 Å². The average molecular weight is 429 g/mol. The van der Waals surface area contributed by atoms with Crippen molar-refractivity contribution in [1.29, 1.82) is 0 Å². The normalized spacial score (nSPS) is 19.9. The molecule has 0 atom stereocenters. The van der Waals surface area contributed by atoms with Gasteiger partial charge in [0.25, 0.3) is 5.91 Å². The summed E-state index contributed by atoms with van der Waals surface area (Å²) in [5, 5.41) is 2.85. The molecule has 1 aliphatic carbocycles. The second-order valence-electron chi connectivity index (χ2n) is 6.80. The summed E-state index contributed by atoms with van der Waals surface area (Å²) in [7, 11) is 1.61. The van der Waals surface area contributed by atoms with Crippen LogP contribution in [0.5, 0.6) is 0 Å². The van der Waals surface area contributed by atoms with Crippen molar-refractivity contribution in [3.05, 3.63) is 35.1 Å². The molecule has 10 heteroatoms. The van der Waals surface area contributed by atoms with E-state index in [0.29, 0.717) is 30.9 Å². The highest BCUT2D eigenvalue weighted by atomic mass is 32.1. The number of carbonyl (C=O) groups is 1. The van der Waals surface area contributed by atoms with E-state index in [0.717, 1.165) is 30.2 Å². The first-order chi connectivity index (χ1) is 13.9. The lowest BCUT2D eigenvalue weighted by Crippen LogP contribution is -2.39. The molecule has 1 amide bonds. The third kappa shape index (κ3) is 5.97. The van der Waals surface area contributed by atoms with Gasteiger partial charge >= 0.3 is 6.18 Å². The van der Waals surface area contributed by atoms with Crippen molar-refractivity contribution in [1.82, 2.24) is 15.3 Å². The van der Waals surface area contributed by atoms with Gasteiger partial charge in [-0.2, -0.15) is 13.2 Å². The smallest absolute Gasteiger partial charge is 0.382 e. The molecular formula is C19H22F3N3O3S. The van der Waals surface area contributed by atoms with Crippen molar-refractivity contribution in [2.75, 3.05) is 20.3 Å². The zero-order valence-corrected chi connectivity index (χ0v) is 16.7. The number of thiazole rings is 1. The van der Waals surface area contributed by atoms with E-state index in [1.165, 1.54) is 17.8 Å². The molecule has 29 heavy (non-hydrogen) atoms. The van der Waals surface area contributed by atoms with Crippen LogP contribution in [0.1, 0.15) is 41.7 Å². The van der Waals surface area contributed by atoms with Crippen LogP contribution in [0.3, 0.4) is 0 Å². The van der Waals surface area contributed by atoms with E-state index in [-0.39, 0.29) is 23.4 Å². The van der Waals surface area contributed by atoms with E-state index in [9.17, 15) is 18.0 Å². The van der Waals surface area contributed by atoms with E-state index >= 15 is 0 Å². The molecule has 1 fully saturated rings. The predicted octanol–water partition coefficient (Wildman–Crippen LogP) is 3.93. The predicted molar refractivity (Wildman–Crippen MR) is 102 cm³/mol. The van der Waals surface area contributed by atoms with E-state index < -0.39 is 17.8 Å². The number of aromatic nitrogens is 2. The van der Waals surface area contributed by atoms with Gasteiger partial charge in [-0.05, 0) is 37.8 Å². The number of hydrogen-bond donors (Lipinski definition) is 1. The van der Waals surface area contributed by atoms with Crippen molar-refractivity contribution in [3.8, 4) is 10.6 Å². The fraction of sp³-hybridized carbons (Fsp3) is 0.526. The van der Waals surface area contributed by atoms with Gasteiger partial charge in [-0.3, -0.25) is 9.78 Å². The largest absolute Gasteiger partial charge is 0.433 e. The summed E-state index contributed by atoms with van der Waals surface area (Å²) in [6.45, 7) is 1.05. The molecule has 0 bridgehead atoms. The number of nitrogens with one attached hydrogen (secondary N) is 1. The zero-order valence-electron chi connectivity index (χ0n) is 15.9. The van der Waals surface area contributed by atoms with Crippen LogP contribution in [-0.2, 0) is 15.7 Å². The number of amides is 1. The van der Waals surface area contributed by atoms with Gasteiger partial charge in [-0.1, -0.05) is 0 Å². The summed E-state index contributed by atoms with van der Waals surface area (Å²) < 4.78 is 50.4. The van der Waals surface area contributed by atoms with Crippen LogP contribution < -0.4 is 5.32 Å². The quantitative estimate of drug-likeness (QED) is 0.676. The number of methoxy groups -OCH3 is 1. The number of carbonyl (C=O) groups excluding carboxylic acids is 1. The van der Waals surface area contributed by atoms with Gasteiger partial charge in [0, 0.05) is 24.9 Å². The summed E-state index contributed by atoms with van der Waals surface area (Å²) >= 11 is 1.16. The molecule has 2 aromatic rings. The van der Waals surface area contributed by atoms with Gasteiger partial charge in [0.2, 0.25) is 0 Å². The molecule has 2 heterocycles. The van der Waals surface area contributed by atoms with E-state index in [1.54, 1.807) is 7.11 Å². The Morgan fingerprint density at radius 1 is 1.24 bits per heavy atom. The van der Waals surface area contributed by atoms with Crippen LogP contribution in [0.4, 0.5) is 13.2 Å². The fourth-order valence-electron chi connectivity index (χ4n) is 3.22. The highest BCUT2D eigenvalue weighted by Crippen LogP contribution is 2.32. The van der Waals surface area contributed by atoms with Crippen LogP contribution in [0.2, 0.25) is 0 Å². The van der Waals surface area contributed by atoms with E-state index in [4.69, 9.17) is 9.47 Å². The zero-order chi connectivity index (χ0) is 20.9. The number of halogens is 3. The van der Waals surface area contributed by atoms with Crippen molar-refractivity contribution < 1.29 is 27.4 Å². The minimum atomic E-state index is -4.65. The molecule has 1 N–H and O–H groups in total. The Kier molecular flexibility index (Phi) is 7.20. The Hall–Kier alpha value is -2.04. The Balaban J connectivity index is 1.67. The summed E-state index contributed by atoms with van der Waals surface area (Å²) in [4.78, 5) is 20.6. The molecule has 158 valence electrons. The van der Waals surface area contributed by atoms with Gasteiger partial charge in [0.15, 0.2) is 0 Å². The maximum Gasteiger partial charge on any atom is 0.433 e. The fourth-order valence-corrected chi connectivity index (χ4v) is 3.80. The molecular weight excluding hydrogens is 407 g/mol. The van der Waals surface area contributed by atoms with Crippen LogP contribution in [-0.4, -0.2) is 48.3 Å². The Morgan fingerprint density at radius 3 is 2.62 bits per heavy atom. The molecule has 0 unspecified atom stereocenters. The molecule has 6 nitrogen and oxygen atoms in total. The van der Waals surface area contributed by atoms with Crippen molar-refractivity contribution in [2.45, 2.75) is 44.0 Å². The maximum absolute atomic E-state index is 13.3. The second kappa shape index (κ2) is 9.64. The van der Waals surface area contributed by atoms with Crippen LogP contribution in [0.15, 0.2) is 23.8 Å². The topological polar surface area (TPSA) is 73.3 Å². The minimum Gasteiger partial charge on any atom is -0.382 e. The number of nitrogens with zero attached hydrogens (tertiary/aromatic N) is 2. The molecule has 3 rings (SSSR count). The number of ether oxygens (including phenoxy) is 2. The summed E-state index contributed by atoms with van der Waals surface area (Å²) in [5.74, 6) is -0.535. The monoisotopic (exact) mass is 429 g/mol. The molecule has 0 aromatic carbocycles. The van der Waals surface area contributed by atoms with Gasteiger partial charge in [-0.25, -0.2) is 4.98 Å². The molecule has 0 spiro atoms. The highest BCUT2D eigenvalue weighted by Gasteiger charge is 2.34. The van der Waals surface area contributed by atoms with Crippen molar-refractivity contribution in [2.24, 2.45) is 0 Å². The summed E-state index contributed by atoms with van der Waals surface area (Å²) in [6, 6.07) is 2.07. The lowest BCUT2D eigenvalue weighted by atomic mass is 9.92. The lowest BCUT2D eigenvalue weighted by Gasteiger charge is -2.29. The SMILES string of the molecule is COCCOC1CCC(NC(=O)c2cc(-c3cncs3)nc(C(F)(F)F)c2)CC1. The van der Waals surface area contributed by atoms with Gasteiger partial charge in [0.05, 0.1) is 35.4 Å². The second-order valence-corrected chi connectivity index (χ2v) is 7.69. The molecule has 1 aliphatic rings. The number of pyridine rings is 1. The maximum atomic E-state index is 13.3. The Labute approximate surface area is 170 Å². The number of rotatable bonds is 7. The molecule has 0 saturated heterocycles. The first kappa shape index (κ1) is 21.7. The van der Waals surface area contributed by atoms with Crippen molar-refractivity contribution >= 4 is 17.2 Å². The van der Waals surface area contributed by atoms with Crippen LogP contribution >= 0.6 is 11.3 Å². The van der Waals surface area contributed by atoms with Gasteiger partial charge in [0.1, 0.15) is 5.69 Å². The van der Waals surface area contributed by atoms with Crippen molar-refractivity contribution in [3.63, 3.8) is 0 Å². The molecule has 0 aliphatic heterocycles. The third-order valence-electron chi connectivity index (χ3n) is 4.71. The molecule has 0 radical (unpaired) electrons. The lowest BCUT2D eigenvalue weighted by molar-refractivity contribution is -0.141. The first-order valence-corrected chi connectivity index (χ1v) is 10.1. The summed E-state index contributed by atoms with van der Waals surface area (Å²) in [5.41, 5.74) is 0.435. The van der Waals surface area contributed by atoms with E-state index in [1.807, 2.05) is 0 Å². The Morgan fingerprint density at radius 2 is 2.00 bits per heavy atom.